The summed E-state index contributed by atoms with van der Waals surface area (Å²) < 4.78 is 16.8. The average molecular weight is 505 g/mol. The summed E-state index contributed by atoms with van der Waals surface area (Å²) in [5.74, 6) is 0.424. The Kier molecular flexibility index (Phi) is 7.18. The molecule has 3 heterocycles. The molecule has 4 atom stereocenters. The number of nitrogens with zero attached hydrogens (tertiary/aromatic N) is 1. The zero-order valence-corrected chi connectivity index (χ0v) is 21.4. The topological polar surface area (TPSA) is 101 Å². The van der Waals surface area contributed by atoms with Crippen LogP contribution in [0.1, 0.15) is 51.5 Å². The van der Waals surface area contributed by atoms with E-state index in [-0.39, 0.29) is 31.3 Å². The van der Waals surface area contributed by atoms with Crippen LogP contribution in [0.2, 0.25) is 5.02 Å². The van der Waals surface area contributed by atoms with Crippen LogP contribution in [-0.4, -0.2) is 54.8 Å². The van der Waals surface area contributed by atoms with Gasteiger partial charge in [0.1, 0.15) is 22.6 Å². The van der Waals surface area contributed by atoms with Crippen LogP contribution in [0.4, 0.5) is 10.5 Å². The lowest BCUT2D eigenvalue weighted by Gasteiger charge is -2.36. The maximum atomic E-state index is 13.1. The molecule has 3 aliphatic rings. The summed E-state index contributed by atoms with van der Waals surface area (Å²) >= 11 is 6.57. The number of fused-ring (bicyclic) bond motifs is 5. The third-order valence-corrected chi connectivity index (χ3v) is 7.39. The van der Waals surface area contributed by atoms with E-state index < -0.39 is 23.5 Å². The van der Waals surface area contributed by atoms with Gasteiger partial charge in [-0.2, -0.15) is 0 Å². The van der Waals surface area contributed by atoms with Gasteiger partial charge in [-0.3, -0.25) is 10.1 Å². The van der Waals surface area contributed by atoms with Gasteiger partial charge in [-0.25, -0.2) is 4.79 Å². The summed E-state index contributed by atoms with van der Waals surface area (Å²) in [5.41, 5.74) is 0.744. The Balaban J connectivity index is 1.64. The van der Waals surface area contributed by atoms with Crippen molar-refractivity contribution < 1.29 is 28.9 Å². The Labute approximate surface area is 210 Å². The monoisotopic (exact) mass is 504 g/mol. The number of anilines is 1. The second kappa shape index (κ2) is 9.84. The van der Waals surface area contributed by atoms with Crippen molar-refractivity contribution in [2.75, 3.05) is 19.1 Å². The van der Waals surface area contributed by atoms with E-state index in [1.807, 2.05) is 44.2 Å². The predicted molar refractivity (Wildman–Crippen MR) is 133 cm³/mol. The highest BCUT2D eigenvalue weighted by atomic mass is 35.5. The van der Waals surface area contributed by atoms with E-state index in [2.05, 4.69) is 5.32 Å². The van der Waals surface area contributed by atoms with Crippen molar-refractivity contribution in [2.24, 2.45) is 0 Å². The normalized spacial score (nSPS) is 34.1. The Morgan fingerprint density at radius 3 is 2.83 bits per heavy atom. The summed E-state index contributed by atoms with van der Waals surface area (Å²) in [7, 11) is 3.27. The third-order valence-electron chi connectivity index (χ3n) is 7.01. The first kappa shape index (κ1) is 25.5. The Morgan fingerprint density at radius 1 is 1.31 bits per heavy atom. The summed E-state index contributed by atoms with van der Waals surface area (Å²) in [6.45, 7) is 3.95. The van der Waals surface area contributed by atoms with Crippen molar-refractivity contribution in [1.29, 1.82) is 0 Å². The van der Waals surface area contributed by atoms with Crippen LogP contribution >= 0.6 is 11.6 Å². The van der Waals surface area contributed by atoms with Gasteiger partial charge < -0.3 is 24.2 Å². The van der Waals surface area contributed by atoms with Gasteiger partial charge in [0.15, 0.2) is 0 Å². The number of aliphatic hydroxyl groups is 1. The molecular formula is C26H33ClN2O6. The van der Waals surface area contributed by atoms with Crippen LogP contribution in [0.5, 0.6) is 5.75 Å². The van der Waals surface area contributed by atoms with Gasteiger partial charge in [0.05, 0.1) is 24.5 Å². The van der Waals surface area contributed by atoms with Crippen LogP contribution in [0.25, 0.3) is 0 Å². The third kappa shape index (κ3) is 5.82. The molecule has 2 N–H and O–H groups in total. The van der Waals surface area contributed by atoms with Crippen LogP contribution in [-0.2, 0) is 20.7 Å². The number of halogens is 1. The highest BCUT2D eigenvalue weighted by Gasteiger charge is 2.54. The fourth-order valence-electron chi connectivity index (χ4n) is 4.82. The maximum absolute atomic E-state index is 13.1. The van der Waals surface area contributed by atoms with Crippen molar-refractivity contribution in [3.05, 3.63) is 46.5 Å². The molecule has 0 radical (unpaired) electrons. The number of amides is 2. The van der Waals surface area contributed by atoms with Gasteiger partial charge in [-0.1, -0.05) is 35.4 Å². The van der Waals surface area contributed by atoms with Crippen LogP contribution < -0.4 is 15.0 Å². The predicted octanol–water partition coefficient (Wildman–Crippen LogP) is 4.28. The summed E-state index contributed by atoms with van der Waals surface area (Å²) in [4.78, 5) is 26.7. The van der Waals surface area contributed by atoms with Gasteiger partial charge >= 0.3 is 6.09 Å². The molecule has 190 valence electrons. The van der Waals surface area contributed by atoms with Crippen LogP contribution in [0.15, 0.2) is 35.9 Å². The molecule has 2 amide bonds. The van der Waals surface area contributed by atoms with Gasteiger partial charge in [0.25, 0.3) is 0 Å². The van der Waals surface area contributed by atoms with Gasteiger partial charge in [-0.05, 0) is 44.4 Å². The Morgan fingerprint density at radius 2 is 2.09 bits per heavy atom. The van der Waals surface area contributed by atoms with Crippen molar-refractivity contribution in [3.8, 4) is 5.75 Å². The van der Waals surface area contributed by atoms with E-state index in [0.717, 1.165) is 11.1 Å². The first-order valence-corrected chi connectivity index (χ1v) is 12.2. The largest absolute Gasteiger partial charge is 0.495 e. The molecule has 2 saturated heterocycles. The number of carbonyl (C=O) groups excluding carboxylic acids is 2. The maximum Gasteiger partial charge on any atom is 0.409 e. The molecule has 4 bridgehead atoms. The van der Waals surface area contributed by atoms with E-state index >= 15 is 0 Å². The number of epoxide rings is 1. The first-order chi connectivity index (χ1) is 16.5. The number of hydrogen-bond donors (Lipinski definition) is 2. The van der Waals surface area contributed by atoms with Gasteiger partial charge in [0, 0.05) is 32.7 Å². The van der Waals surface area contributed by atoms with E-state index in [1.54, 1.807) is 19.1 Å². The van der Waals surface area contributed by atoms with E-state index in [4.69, 9.17) is 25.8 Å². The Hall–Kier alpha value is -2.55. The summed E-state index contributed by atoms with van der Waals surface area (Å²) in [6.07, 6.45) is 6.76. The van der Waals surface area contributed by atoms with E-state index in [9.17, 15) is 14.7 Å². The van der Waals surface area contributed by atoms with E-state index in [1.165, 1.54) is 0 Å². The SMILES string of the molecule is COc1cc2cc(c1Cl)N(C)C(=O)CCC1(C)OC1CC1C[C@](O)(C/C=C/C=C(\C)C2)NC(=O)O1. The number of alkyl carbamates (subject to hydrolysis) is 1. The molecule has 8 nitrogen and oxygen atoms in total. The van der Waals surface area contributed by atoms with Crippen molar-refractivity contribution in [3.63, 3.8) is 0 Å². The molecule has 35 heavy (non-hydrogen) atoms. The highest BCUT2D eigenvalue weighted by molar-refractivity contribution is 6.35. The minimum absolute atomic E-state index is 0.0858. The molecule has 1 aromatic carbocycles. The lowest BCUT2D eigenvalue weighted by Crippen LogP contribution is -2.56. The minimum Gasteiger partial charge on any atom is -0.495 e. The minimum atomic E-state index is -1.39. The number of ether oxygens (including phenoxy) is 3. The highest BCUT2D eigenvalue weighted by Crippen LogP contribution is 2.45. The summed E-state index contributed by atoms with van der Waals surface area (Å²) in [5, 5.41) is 13.9. The molecule has 3 unspecified atom stereocenters. The molecule has 0 spiro atoms. The number of allylic oxidation sites excluding steroid dienone is 3. The van der Waals surface area contributed by atoms with Crippen LogP contribution in [0.3, 0.4) is 0 Å². The summed E-state index contributed by atoms with van der Waals surface area (Å²) in [6, 6.07) is 3.78. The van der Waals surface area contributed by atoms with Gasteiger partial charge in [0.2, 0.25) is 5.91 Å². The van der Waals surface area contributed by atoms with Crippen molar-refractivity contribution in [2.45, 2.75) is 75.9 Å². The zero-order valence-electron chi connectivity index (χ0n) is 20.6. The zero-order chi connectivity index (χ0) is 25.4. The number of methoxy groups -OCH3 is 1. The standard InChI is InChI=1S/C26H33ClN2O6/c1-16-7-5-6-9-26(32)15-18(34-24(31)28-26)14-21-25(2,35-21)10-8-22(30)29(3)19-12-17(11-16)13-20(33-4)23(19)27/h5-7,12-13,18,21,32H,8-11,14-15H2,1-4H3,(H,28,31)/b6-5+,16-7+/t18?,21?,25?,26-/m1/s1. The smallest absolute Gasteiger partial charge is 0.409 e. The fourth-order valence-corrected chi connectivity index (χ4v) is 5.13. The number of rotatable bonds is 1. The second-order valence-electron chi connectivity index (χ2n) is 9.95. The number of nitrogens with one attached hydrogen (secondary N) is 1. The molecule has 2 fully saturated rings. The molecule has 1 aromatic rings. The average Bonchev–Trinajstić information content (AvgIpc) is 3.43. The molecule has 0 saturated carbocycles. The van der Waals surface area contributed by atoms with Crippen molar-refractivity contribution in [1.82, 2.24) is 5.32 Å². The molecule has 3 aliphatic heterocycles. The van der Waals surface area contributed by atoms with Crippen molar-refractivity contribution >= 4 is 29.3 Å². The second-order valence-corrected chi connectivity index (χ2v) is 10.3. The number of hydrogen-bond acceptors (Lipinski definition) is 6. The number of benzene rings is 1. The Bertz CT molecular complexity index is 1070. The fraction of sp³-hybridized carbons (Fsp3) is 0.538. The number of carbonyl (C=O) groups is 2. The van der Waals surface area contributed by atoms with E-state index in [0.29, 0.717) is 35.7 Å². The van der Waals surface area contributed by atoms with Gasteiger partial charge in [-0.15, -0.1) is 0 Å². The molecule has 0 aliphatic carbocycles. The molecule has 0 aromatic heterocycles. The van der Waals surface area contributed by atoms with Crippen LogP contribution in [0, 0.1) is 0 Å². The quantitative estimate of drug-likeness (QED) is 0.554. The lowest BCUT2D eigenvalue weighted by molar-refractivity contribution is -0.118. The lowest BCUT2D eigenvalue weighted by atomic mass is 9.92. The molecular weight excluding hydrogens is 472 g/mol. The molecule has 9 heteroatoms. The first-order valence-electron chi connectivity index (χ1n) is 11.9. The molecule has 4 rings (SSSR count).